The van der Waals surface area contributed by atoms with Crippen molar-refractivity contribution in [3.05, 3.63) is 29.3 Å². The van der Waals surface area contributed by atoms with Crippen molar-refractivity contribution in [3.8, 4) is 0 Å². The molecule has 0 saturated heterocycles. The minimum atomic E-state index is -5.36. The van der Waals surface area contributed by atoms with E-state index in [4.69, 9.17) is 0 Å². The highest BCUT2D eigenvalue weighted by Gasteiger charge is 2.50. The summed E-state index contributed by atoms with van der Waals surface area (Å²) < 4.78 is 64.1. The van der Waals surface area contributed by atoms with Crippen molar-refractivity contribution < 1.29 is 21.6 Å². The molecular formula is C18H25F3N2O2S. The SMILES string of the molecule is Cc1cccc2c1CN(S(=O)(=O)C(F)(F)F)C[C@@H](CCC1CCCC1)N2. The average Bonchev–Trinajstić information content (AvgIpc) is 2.99. The van der Waals surface area contributed by atoms with Gasteiger partial charge in [0.1, 0.15) is 0 Å². The molecule has 4 nitrogen and oxygen atoms in total. The molecule has 0 amide bonds. The van der Waals surface area contributed by atoms with E-state index in [-0.39, 0.29) is 19.1 Å². The summed E-state index contributed by atoms with van der Waals surface area (Å²) in [5, 5.41) is 3.30. The first-order valence-corrected chi connectivity index (χ1v) is 10.5. The molecule has 1 heterocycles. The number of rotatable bonds is 4. The first-order chi connectivity index (χ1) is 12.2. The van der Waals surface area contributed by atoms with Gasteiger partial charge in [0.2, 0.25) is 0 Å². The third kappa shape index (κ3) is 4.01. The normalized spacial score (nSPS) is 22.7. The lowest BCUT2D eigenvalue weighted by Crippen LogP contribution is -2.44. The largest absolute Gasteiger partial charge is 0.511 e. The van der Waals surface area contributed by atoms with E-state index in [1.807, 2.05) is 12.1 Å². The van der Waals surface area contributed by atoms with Crippen LogP contribution in [0.25, 0.3) is 0 Å². The number of sulfonamides is 1. The lowest BCUT2D eigenvalue weighted by atomic mass is 9.98. The molecule has 1 aromatic rings. The van der Waals surface area contributed by atoms with Gasteiger partial charge < -0.3 is 5.32 Å². The van der Waals surface area contributed by atoms with Crippen LogP contribution in [0.1, 0.15) is 49.7 Å². The number of halogens is 3. The summed E-state index contributed by atoms with van der Waals surface area (Å²) in [4.78, 5) is 0. The smallest absolute Gasteiger partial charge is 0.381 e. The van der Waals surface area contributed by atoms with Gasteiger partial charge in [0, 0.05) is 24.8 Å². The standard InChI is InChI=1S/C18H25F3N2O2S/c1-13-5-4-8-17-16(13)12-23(26(24,25)18(19,20)21)11-15(22-17)10-9-14-6-2-3-7-14/h4-5,8,14-15,22H,2-3,6-7,9-12H2,1H3/t15-/m1/s1. The Morgan fingerprint density at radius 1 is 1.19 bits per heavy atom. The molecule has 8 heteroatoms. The van der Waals surface area contributed by atoms with Crippen molar-refractivity contribution >= 4 is 15.7 Å². The summed E-state index contributed by atoms with van der Waals surface area (Å²) in [7, 11) is -5.36. The molecule has 1 aliphatic heterocycles. The van der Waals surface area contributed by atoms with Crippen molar-refractivity contribution in [3.63, 3.8) is 0 Å². The number of nitrogens with zero attached hydrogens (tertiary/aromatic N) is 1. The van der Waals surface area contributed by atoms with Gasteiger partial charge in [-0.25, -0.2) is 8.42 Å². The molecule has 0 radical (unpaired) electrons. The minimum absolute atomic E-state index is 0.164. The molecular weight excluding hydrogens is 365 g/mol. The highest BCUT2D eigenvalue weighted by Crippen LogP contribution is 2.35. The van der Waals surface area contributed by atoms with Crippen LogP contribution >= 0.6 is 0 Å². The van der Waals surface area contributed by atoms with Crippen LogP contribution in [-0.2, 0) is 16.6 Å². The van der Waals surface area contributed by atoms with Gasteiger partial charge in [-0.05, 0) is 42.9 Å². The highest BCUT2D eigenvalue weighted by atomic mass is 32.2. The maximum atomic E-state index is 13.1. The third-order valence-electron chi connectivity index (χ3n) is 5.56. The summed E-state index contributed by atoms with van der Waals surface area (Å²) >= 11 is 0. The fourth-order valence-corrected chi connectivity index (χ4v) is 5.00. The van der Waals surface area contributed by atoms with Crippen LogP contribution in [-0.4, -0.2) is 30.8 Å². The van der Waals surface area contributed by atoms with Gasteiger partial charge in [-0.2, -0.15) is 17.5 Å². The molecule has 1 fully saturated rings. The first-order valence-electron chi connectivity index (χ1n) is 9.10. The number of fused-ring (bicyclic) bond motifs is 1. The zero-order valence-corrected chi connectivity index (χ0v) is 15.7. The zero-order valence-electron chi connectivity index (χ0n) is 14.8. The molecule has 1 aromatic carbocycles. The fourth-order valence-electron chi connectivity index (χ4n) is 4.03. The molecule has 1 N–H and O–H groups in total. The van der Waals surface area contributed by atoms with Crippen molar-refractivity contribution in [1.29, 1.82) is 0 Å². The number of anilines is 1. The average molecular weight is 390 g/mol. The highest BCUT2D eigenvalue weighted by molar-refractivity contribution is 7.89. The van der Waals surface area contributed by atoms with Gasteiger partial charge in [-0.1, -0.05) is 37.8 Å². The van der Waals surface area contributed by atoms with E-state index in [2.05, 4.69) is 5.32 Å². The topological polar surface area (TPSA) is 49.4 Å². The van der Waals surface area contributed by atoms with E-state index in [1.165, 1.54) is 12.8 Å². The van der Waals surface area contributed by atoms with E-state index < -0.39 is 15.5 Å². The quantitative estimate of drug-likeness (QED) is 0.828. The van der Waals surface area contributed by atoms with E-state index in [9.17, 15) is 21.6 Å². The van der Waals surface area contributed by atoms with Gasteiger partial charge in [-0.3, -0.25) is 0 Å². The van der Waals surface area contributed by atoms with Crippen molar-refractivity contribution in [2.24, 2.45) is 5.92 Å². The van der Waals surface area contributed by atoms with Crippen LogP contribution in [0.15, 0.2) is 18.2 Å². The summed E-state index contributed by atoms with van der Waals surface area (Å²) in [6, 6.07) is 5.12. The number of hydrogen-bond acceptors (Lipinski definition) is 3. The predicted molar refractivity (Wildman–Crippen MR) is 95.2 cm³/mol. The maximum Gasteiger partial charge on any atom is 0.511 e. The lowest BCUT2D eigenvalue weighted by Gasteiger charge is -2.26. The van der Waals surface area contributed by atoms with Crippen LogP contribution in [0, 0.1) is 12.8 Å². The van der Waals surface area contributed by atoms with Gasteiger partial charge in [0.15, 0.2) is 0 Å². The van der Waals surface area contributed by atoms with Crippen LogP contribution in [0.3, 0.4) is 0 Å². The minimum Gasteiger partial charge on any atom is -0.381 e. The van der Waals surface area contributed by atoms with Crippen LogP contribution in [0.4, 0.5) is 18.9 Å². The molecule has 1 saturated carbocycles. The molecule has 3 rings (SSSR count). The monoisotopic (exact) mass is 390 g/mol. The van der Waals surface area contributed by atoms with E-state index in [0.29, 0.717) is 22.2 Å². The van der Waals surface area contributed by atoms with Gasteiger partial charge >= 0.3 is 15.5 Å². The summed E-state index contributed by atoms with van der Waals surface area (Å²) in [6.45, 7) is 1.37. The van der Waals surface area contributed by atoms with Crippen LogP contribution in [0.5, 0.6) is 0 Å². The Morgan fingerprint density at radius 3 is 2.54 bits per heavy atom. The number of aryl methyl sites for hydroxylation is 1. The fraction of sp³-hybridized carbons (Fsp3) is 0.667. The van der Waals surface area contributed by atoms with Crippen molar-refractivity contribution in [1.82, 2.24) is 4.31 Å². The van der Waals surface area contributed by atoms with E-state index in [0.717, 1.165) is 30.5 Å². The molecule has 0 unspecified atom stereocenters. The van der Waals surface area contributed by atoms with Crippen molar-refractivity contribution in [2.45, 2.75) is 63.5 Å². The lowest BCUT2D eigenvalue weighted by molar-refractivity contribution is -0.0492. The Bertz CT molecular complexity index is 743. The molecule has 0 spiro atoms. The first kappa shape index (κ1) is 19.5. The molecule has 146 valence electrons. The zero-order chi connectivity index (χ0) is 18.9. The Kier molecular flexibility index (Phi) is 5.53. The molecule has 0 aromatic heterocycles. The third-order valence-corrected chi connectivity index (χ3v) is 7.10. The second-order valence-electron chi connectivity index (χ2n) is 7.41. The van der Waals surface area contributed by atoms with Gasteiger partial charge in [0.25, 0.3) is 0 Å². The number of hydrogen-bond donors (Lipinski definition) is 1. The number of alkyl halides is 3. The molecule has 1 aliphatic carbocycles. The Labute approximate surface area is 152 Å². The molecule has 0 bridgehead atoms. The molecule has 26 heavy (non-hydrogen) atoms. The van der Waals surface area contributed by atoms with Crippen LogP contribution < -0.4 is 5.32 Å². The van der Waals surface area contributed by atoms with Crippen LogP contribution in [0.2, 0.25) is 0 Å². The Balaban J connectivity index is 1.86. The number of nitrogens with one attached hydrogen (secondary N) is 1. The Hall–Kier alpha value is -1.28. The summed E-state index contributed by atoms with van der Waals surface area (Å²) in [5.74, 6) is 0.602. The Morgan fingerprint density at radius 2 is 1.88 bits per heavy atom. The summed E-state index contributed by atoms with van der Waals surface area (Å²) in [6.07, 6.45) is 6.32. The molecule has 2 aliphatic rings. The second-order valence-corrected chi connectivity index (χ2v) is 9.34. The maximum absolute atomic E-state index is 13.1. The summed E-state index contributed by atoms with van der Waals surface area (Å²) in [5.41, 5.74) is -3.14. The van der Waals surface area contributed by atoms with Gasteiger partial charge in [-0.15, -0.1) is 0 Å². The second kappa shape index (κ2) is 7.38. The van der Waals surface area contributed by atoms with E-state index >= 15 is 0 Å². The molecule has 1 atom stereocenters. The van der Waals surface area contributed by atoms with Gasteiger partial charge in [0.05, 0.1) is 0 Å². The number of benzene rings is 1. The van der Waals surface area contributed by atoms with Crippen molar-refractivity contribution in [2.75, 3.05) is 11.9 Å². The predicted octanol–water partition coefficient (Wildman–Crippen LogP) is 4.41. The van der Waals surface area contributed by atoms with E-state index in [1.54, 1.807) is 13.0 Å².